The molecule has 1 atom stereocenters. The van der Waals surface area contributed by atoms with Crippen molar-refractivity contribution >= 4 is 5.91 Å². The Kier molecular flexibility index (Phi) is 3.30. The molecule has 0 aliphatic carbocycles. The van der Waals surface area contributed by atoms with Gasteiger partial charge in [0.2, 0.25) is 0 Å². The Labute approximate surface area is 107 Å². The van der Waals surface area contributed by atoms with E-state index in [1.807, 2.05) is 12.1 Å². The van der Waals surface area contributed by atoms with E-state index in [1.165, 1.54) is 16.2 Å². The van der Waals surface area contributed by atoms with Crippen LogP contribution in [0.5, 0.6) is 0 Å². The molecule has 0 saturated carbocycles. The number of hydroxylamine groups is 2. The summed E-state index contributed by atoms with van der Waals surface area (Å²) >= 11 is 0. The standard InChI is InChI=1S/C14H18N2O2/c17-14(16-7-3-4-8-18-16)13-9-11-5-1-2-6-12(11)10-15-13/h1-2,5-6,13,15H,3-4,7-10H2/t13-/m0/s1. The lowest BCUT2D eigenvalue weighted by molar-refractivity contribution is -0.199. The van der Waals surface area contributed by atoms with Crippen LogP contribution in [0.3, 0.4) is 0 Å². The minimum atomic E-state index is -0.141. The molecule has 4 nitrogen and oxygen atoms in total. The van der Waals surface area contributed by atoms with Gasteiger partial charge < -0.3 is 5.32 Å². The second-order valence-electron chi connectivity index (χ2n) is 4.89. The summed E-state index contributed by atoms with van der Waals surface area (Å²) in [7, 11) is 0. The number of amides is 1. The zero-order valence-electron chi connectivity index (χ0n) is 10.4. The van der Waals surface area contributed by atoms with Gasteiger partial charge in [0.15, 0.2) is 0 Å². The van der Waals surface area contributed by atoms with Crippen molar-refractivity contribution < 1.29 is 9.63 Å². The number of nitrogens with one attached hydrogen (secondary N) is 1. The Morgan fingerprint density at radius 1 is 1.28 bits per heavy atom. The summed E-state index contributed by atoms with van der Waals surface area (Å²) in [5.41, 5.74) is 2.56. The van der Waals surface area contributed by atoms with Gasteiger partial charge in [-0.2, -0.15) is 0 Å². The maximum atomic E-state index is 12.3. The molecule has 0 aromatic heterocycles. The summed E-state index contributed by atoms with van der Waals surface area (Å²) in [5, 5.41) is 4.84. The Bertz CT molecular complexity index is 441. The molecule has 0 bridgehead atoms. The molecule has 0 unspecified atom stereocenters. The topological polar surface area (TPSA) is 41.6 Å². The largest absolute Gasteiger partial charge is 0.301 e. The SMILES string of the molecule is O=C([C@@H]1Cc2ccccc2CN1)N1CCCCO1. The number of rotatable bonds is 1. The van der Waals surface area contributed by atoms with Crippen molar-refractivity contribution in [3.8, 4) is 0 Å². The van der Waals surface area contributed by atoms with Gasteiger partial charge in [-0.25, -0.2) is 5.06 Å². The zero-order chi connectivity index (χ0) is 12.4. The molecule has 4 heteroatoms. The number of nitrogens with zero attached hydrogens (tertiary/aromatic N) is 1. The van der Waals surface area contributed by atoms with E-state index < -0.39 is 0 Å². The maximum Gasteiger partial charge on any atom is 0.263 e. The molecule has 96 valence electrons. The van der Waals surface area contributed by atoms with E-state index in [2.05, 4.69) is 17.4 Å². The minimum absolute atomic E-state index is 0.0733. The van der Waals surface area contributed by atoms with Gasteiger partial charge in [0.25, 0.3) is 5.91 Å². The number of fused-ring (bicyclic) bond motifs is 1. The van der Waals surface area contributed by atoms with Crippen LogP contribution >= 0.6 is 0 Å². The van der Waals surface area contributed by atoms with Gasteiger partial charge in [-0.1, -0.05) is 24.3 Å². The van der Waals surface area contributed by atoms with Crippen molar-refractivity contribution in [2.75, 3.05) is 13.2 Å². The number of benzene rings is 1. The highest BCUT2D eigenvalue weighted by Gasteiger charge is 2.29. The van der Waals surface area contributed by atoms with Crippen LogP contribution in [-0.4, -0.2) is 30.2 Å². The van der Waals surface area contributed by atoms with Crippen molar-refractivity contribution in [2.45, 2.75) is 31.8 Å². The molecule has 1 saturated heterocycles. The Balaban J connectivity index is 1.69. The summed E-state index contributed by atoms with van der Waals surface area (Å²) in [6.45, 7) is 2.15. The first kappa shape index (κ1) is 11.7. The third-order valence-corrected chi connectivity index (χ3v) is 3.63. The average molecular weight is 246 g/mol. The van der Waals surface area contributed by atoms with Gasteiger partial charge in [0.05, 0.1) is 12.6 Å². The maximum absolute atomic E-state index is 12.3. The second-order valence-corrected chi connectivity index (χ2v) is 4.89. The van der Waals surface area contributed by atoms with Gasteiger partial charge in [0, 0.05) is 13.1 Å². The fraction of sp³-hybridized carbons (Fsp3) is 0.500. The Morgan fingerprint density at radius 2 is 2.11 bits per heavy atom. The molecule has 0 spiro atoms. The molecule has 1 amide bonds. The summed E-state index contributed by atoms with van der Waals surface area (Å²) in [6, 6.07) is 8.14. The van der Waals surface area contributed by atoms with Gasteiger partial charge >= 0.3 is 0 Å². The fourth-order valence-corrected chi connectivity index (χ4v) is 2.57. The van der Waals surface area contributed by atoms with Crippen molar-refractivity contribution in [3.05, 3.63) is 35.4 Å². The third-order valence-electron chi connectivity index (χ3n) is 3.63. The molecule has 1 aromatic carbocycles. The molecule has 0 radical (unpaired) electrons. The average Bonchev–Trinajstić information content (AvgIpc) is 2.47. The van der Waals surface area contributed by atoms with Crippen molar-refractivity contribution in [3.63, 3.8) is 0 Å². The summed E-state index contributed by atoms with van der Waals surface area (Å²) < 4.78 is 0. The molecule has 2 aliphatic heterocycles. The van der Waals surface area contributed by atoms with Crippen LogP contribution in [0.15, 0.2) is 24.3 Å². The minimum Gasteiger partial charge on any atom is -0.301 e. The molecule has 1 aromatic rings. The lowest BCUT2D eigenvalue weighted by Gasteiger charge is -2.32. The van der Waals surface area contributed by atoms with Crippen LogP contribution in [0.4, 0.5) is 0 Å². The van der Waals surface area contributed by atoms with Crippen molar-refractivity contribution in [1.82, 2.24) is 10.4 Å². The van der Waals surface area contributed by atoms with E-state index >= 15 is 0 Å². The van der Waals surface area contributed by atoms with E-state index in [1.54, 1.807) is 0 Å². The smallest absolute Gasteiger partial charge is 0.263 e. The van der Waals surface area contributed by atoms with E-state index in [4.69, 9.17) is 4.84 Å². The molecule has 1 N–H and O–H groups in total. The Morgan fingerprint density at radius 3 is 2.89 bits per heavy atom. The second kappa shape index (κ2) is 5.08. The van der Waals surface area contributed by atoms with Crippen molar-refractivity contribution in [2.24, 2.45) is 0 Å². The van der Waals surface area contributed by atoms with Crippen LogP contribution in [0.25, 0.3) is 0 Å². The summed E-state index contributed by atoms with van der Waals surface area (Å²) in [6.07, 6.45) is 2.84. The van der Waals surface area contributed by atoms with Gasteiger partial charge in [0.1, 0.15) is 0 Å². The van der Waals surface area contributed by atoms with Crippen LogP contribution in [0, 0.1) is 0 Å². The predicted octanol–water partition coefficient (Wildman–Crippen LogP) is 1.25. The summed E-state index contributed by atoms with van der Waals surface area (Å²) in [4.78, 5) is 17.7. The molecular formula is C14H18N2O2. The molecule has 1 fully saturated rings. The van der Waals surface area contributed by atoms with Crippen molar-refractivity contribution in [1.29, 1.82) is 0 Å². The molecule has 3 rings (SSSR count). The first-order valence-corrected chi connectivity index (χ1v) is 6.59. The predicted molar refractivity (Wildman–Crippen MR) is 67.7 cm³/mol. The first-order valence-electron chi connectivity index (χ1n) is 6.59. The van der Waals surface area contributed by atoms with Crippen LogP contribution in [0.2, 0.25) is 0 Å². The quantitative estimate of drug-likeness (QED) is 0.811. The number of hydrogen-bond donors (Lipinski definition) is 1. The highest BCUT2D eigenvalue weighted by atomic mass is 16.7. The highest BCUT2D eigenvalue weighted by Crippen LogP contribution is 2.18. The number of carbonyl (C=O) groups is 1. The number of hydrogen-bond acceptors (Lipinski definition) is 3. The molecule has 2 aliphatic rings. The van der Waals surface area contributed by atoms with E-state index in [-0.39, 0.29) is 11.9 Å². The van der Waals surface area contributed by atoms with E-state index in [0.717, 1.165) is 32.4 Å². The first-order chi connectivity index (χ1) is 8.84. The lowest BCUT2D eigenvalue weighted by atomic mass is 9.95. The normalized spacial score (nSPS) is 23.6. The highest BCUT2D eigenvalue weighted by molar-refractivity contribution is 5.81. The van der Waals surface area contributed by atoms with Gasteiger partial charge in [-0.15, -0.1) is 0 Å². The van der Waals surface area contributed by atoms with Crippen LogP contribution in [0.1, 0.15) is 24.0 Å². The lowest BCUT2D eigenvalue weighted by Crippen LogP contribution is -2.50. The molecule has 18 heavy (non-hydrogen) atoms. The fourth-order valence-electron chi connectivity index (χ4n) is 2.57. The Hall–Kier alpha value is -1.39. The number of carbonyl (C=O) groups excluding carboxylic acids is 1. The molecular weight excluding hydrogens is 228 g/mol. The van der Waals surface area contributed by atoms with E-state index in [9.17, 15) is 4.79 Å². The van der Waals surface area contributed by atoms with Crippen LogP contribution in [-0.2, 0) is 22.6 Å². The van der Waals surface area contributed by atoms with Gasteiger partial charge in [-0.3, -0.25) is 9.63 Å². The monoisotopic (exact) mass is 246 g/mol. The third kappa shape index (κ3) is 2.26. The summed E-state index contributed by atoms with van der Waals surface area (Å²) in [5.74, 6) is 0.0733. The van der Waals surface area contributed by atoms with Crippen LogP contribution < -0.4 is 5.32 Å². The van der Waals surface area contributed by atoms with Gasteiger partial charge in [-0.05, 0) is 30.4 Å². The van der Waals surface area contributed by atoms with E-state index in [0.29, 0.717) is 6.61 Å². The zero-order valence-corrected chi connectivity index (χ0v) is 10.4. The molecule has 2 heterocycles.